The van der Waals surface area contributed by atoms with Crippen LogP contribution in [0.4, 0.5) is 14.5 Å². The SMILES string of the molecule is Cc1ccc(Cl)c(NC(C)c2cccc(OC(F)F)c2)c1. The summed E-state index contributed by atoms with van der Waals surface area (Å²) in [4.78, 5) is 0. The Labute approximate surface area is 127 Å². The Morgan fingerprint density at radius 2 is 1.90 bits per heavy atom. The molecule has 0 fully saturated rings. The summed E-state index contributed by atoms with van der Waals surface area (Å²) in [6.07, 6.45) is 0. The molecule has 0 amide bonds. The molecule has 2 nitrogen and oxygen atoms in total. The van der Waals surface area contributed by atoms with Crippen LogP contribution in [-0.2, 0) is 0 Å². The molecule has 1 atom stereocenters. The molecule has 21 heavy (non-hydrogen) atoms. The van der Waals surface area contributed by atoms with Crippen LogP contribution in [0.1, 0.15) is 24.1 Å². The molecule has 0 radical (unpaired) electrons. The van der Waals surface area contributed by atoms with Crippen molar-refractivity contribution in [2.45, 2.75) is 26.5 Å². The molecule has 0 saturated heterocycles. The van der Waals surface area contributed by atoms with E-state index in [1.807, 2.05) is 38.1 Å². The fourth-order valence-electron chi connectivity index (χ4n) is 2.03. The Kier molecular flexibility index (Phi) is 5.02. The van der Waals surface area contributed by atoms with Crippen LogP contribution < -0.4 is 10.1 Å². The van der Waals surface area contributed by atoms with Crippen LogP contribution >= 0.6 is 11.6 Å². The second-order valence-electron chi connectivity index (χ2n) is 4.80. The lowest BCUT2D eigenvalue weighted by Crippen LogP contribution is -2.08. The Morgan fingerprint density at radius 1 is 1.14 bits per heavy atom. The molecule has 0 aliphatic carbocycles. The maximum absolute atomic E-state index is 12.2. The Morgan fingerprint density at radius 3 is 2.62 bits per heavy atom. The average molecular weight is 312 g/mol. The van der Waals surface area contributed by atoms with E-state index in [9.17, 15) is 8.78 Å². The van der Waals surface area contributed by atoms with Gasteiger partial charge in [0.2, 0.25) is 0 Å². The average Bonchev–Trinajstić information content (AvgIpc) is 2.42. The van der Waals surface area contributed by atoms with E-state index in [0.717, 1.165) is 16.8 Å². The first kappa shape index (κ1) is 15.6. The largest absolute Gasteiger partial charge is 0.435 e. The topological polar surface area (TPSA) is 21.3 Å². The number of anilines is 1. The van der Waals surface area contributed by atoms with Crippen molar-refractivity contribution in [3.05, 3.63) is 58.6 Å². The number of benzene rings is 2. The van der Waals surface area contributed by atoms with Gasteiger partial charge in [-0.1, -0.05) is 29.8 Å². The summed E-state index contributed by atoms with van der Waals surface area (Å²) in [5, 5.41) is 3.89. The number of hydrogen-bond donors (Lipinski definition) is 1. The summed E-state index contributed by atoms with van der Waals surface area (Å²) in [5.41, 5.74) is 2.74. The van der Waals surface area contributed by atoms with Gasteiger partial charge in [-0.15, -0.1) is 0 Å². The zero-order valence-corrected chi connectivity index (χ0v) is 12.5. The summed E-state index contributed by atoms with van der Waals surface area (Å²) in [6, 6.07) is 12.2. The number of halogens is 3. The van der Waals surface area contributed by atoms with Gasteiger partial charge in [0.05, 0.1) is 10.7 Å². The number of ether oxygens (including phenoxy) is 1. The van der Waals surface area contributed by atoms with Crippen molar-refractivity contribution in [3.8, 4) is 5.75 Å². The minimum atomic E-state index is -2.82. The van der Waals surface area contributed by atoms with Crippen molar-refractivity contribution in [2.75, 3.05) is 5.32 Å². The van der Waals surface area contributed by atoms with E-state index in [2.05, 4.69) is 10.1 Å². The van der Waals surface area contributed by atoms with Crippen LogP contribution in [0.3, 0.4) is 0 Å². The van der Waals surface area contributed by atoms with Crippen LogP contribution in [0.2, 0.25) is 5.02 Å². The van der Waals surface area contributed by atoms with Crippen LogP contribution in [0.15, 0.2) is 42.5 Å². The highest BCUT2D eigenvalue weighted by molar-refractivity contribution is 6.33. The molecular formula is C16H16ClF2NO. The molecule has 1 unspecified atom stereocenters. The van der Waals surface area contributed by atoms with Gasteiger partial charge in [0.15, 0.2) is 0 Å². The van der Waals surface area contributed by atoms with Crippen molar-refractivity contribution in [1.82, 2.24) is 0 Å². The number of alkyl halides is 2. The quantitative estimate of drug-likeness (QED) is 0.795. The highest BCUT2D eigenvalue weighted by Crippen LogP contribution is 2.28. The minimum Gasteiger partial charge on any atom is -0.435 e. The van der Waals surface area contributed by atoms with Crippen LogP contribution in [-0.4, -0.2) is 6.61 Å². The Hall–Kier alpha value is -1.81. The fourth-order valence-corrected chi connectivity index (χ4v) is 2.20. The van der Waals surface area contributed by atoms with Crippen molar-refractivity contribution < 1.29 is 13.5 Å². The van der Waals surface area contributed by atoms with Gasteiger partial charge in [0.1, 0.15) is 5.75 Å². The van der Waals surface area contributed by atoms with Crippen LogP contribution in [0.25, 0.3) is 0 Å². The molecule has 2 aromatic rings. The first-order chi connectivity index (χ1) is 9.95. The van der Waals surface area contributed by atoms with E-state index in [1.165, 1.54) is 6.07 Å². The third kappa shape index (κ3) is 4.33. The van der Waals surface area contributed by atoms with Gasteiger partial charge in [0, 0.05) is 6.04 Å². The highest BCUT2D eigenvalue weighted by Gasteiger charge is 2.10. The standard InChI is InChI=1S/C16H16ClF2NO/c1-10-6-7-14(17)15(8-10)20-11(2)12-4-3-5-13(9-12)21-16(18)19/h3-9,11,16,20H,1-2H3. The molecule has 5 heteroatoms. The van der Waals surface area contributed by atoms with Gasteiger partial charge in [-0.05, 0) is 49.2 Å². The van der Waals surface area contributed by atoms with Crippen LogP contribution in [0, 0.1) is 6.92 Å². The summed E-state index contributed by atoms with van der Waals surface area (Å²) in [7, 11) is 0. The maximum Gasteiger partial charge on any atom is 0.387 e. The fraction of sp³-hybridized carbons (Fsp3) is 0.250. The summed E-state index contributed by atoms with van der Waals surface area (Å²) in [6.45, 7) is 1.08. The number of nitrogens with one attached hydrogen (secondary N) is 1. The summed E-state index contributed by atoms with van der Waals surface area (Å²) in [5.74, 6) is 0.145. The Balaban J connectivity index is 2.16. The molecule has 0 heterocycles. The summed E-state index contributed by atoms with van der Waals surface area (Å²) >= 11 is 6.14. The zero-order valence-electron chi connectivity index (χ0n) is 11.7. The third-order valence-electron chi connectivity index (χ3n) is 3.08. The predicted molar refractivity (Wildman–Crippen MR) is 81.3 cm³/mol. The van der Waals surface area contributed by atoms with E-state index in [0.29, 0.717) is 5.02 Å². The first-order valence-corrected chi connectivity index (χ1v) is 6.91. The molecule has 0 aliphatic rings. The Bertz CT molecular complexity index is 619. The number of rotatable bonds is 5. The van der Waals surface area contributed by atoms with Crippen molar-refractivity contribution >= 4 is 17.3 Å². The van der Waals surface area contributed by atoms with Crippen molar-refractivity contribution in [1.29, 1.82) is 0 Å². The molecule has 0 aromatic heterocycles. The van der Waals surface area contributed by atoms with E-state index < -0.39 is 6.61 Å². The normalized spacial score (nSPS) is 12.3. The zero-order chi connectivity index (χ0) is 15.4. The maximum atomic E-state index is 12.2. The molecule has 0 bridgehead atoms. The predicted octanol–water partition coefficient (Wildman–Crippen LogP) is 5.42. The number of aryl methyl sites for hydroxylation is 1. The van der Waals surface area contributed by atoms with Gasteiger partial charge in [-0.25, -0.2) is 0 Å². The third-order valence-corrected chi connectivity index (χ3v) is 3.41. The van der Waals surface area contributed by atoms with E-state index >= 15 is 0 Å². The lowest BCUT2D eigenvalue weighted by molar-refractivity contribution is -0.0498. The van der Waals surface area contributed by atoms with E-state index in [-0.39, 0.29) is 11.8 Å². The molecule has 0 aliphatic heterocycles. The van der Waals surface area contributed by atoms with Gasteiger partial charge >= 0.3 is 6.61 Å². The lowest BCUT2D eigenvalue weighted by Gasteiger charge is -2.18. The molecule has 112 valence electrons. The van der Waals surface area contributed by atoms with Gasteiger partial charge in [0.25, 0.3) is 0 Å². The van der Waals surface area contributed by atoms with Crippen molar-refractivity contribution in [3.63, 3.8) is 0 Å². The monoisotopic (exact) mass is 311 g/mol. The first-order valence-electron chi connectivity index (χ1n) is 6.53. The molecule has 2 aromatic carbocycles. The lowest BCUT2D eigenvalue weighted by atomic mass is 10.1. The van der Waals surface area contributed by atoms with E-state index in [4.69, 9.17) is 11.6 Å². The second-order valence-corrected chi connectivity index (χ2v) is 5.21. The van der Waals surface area contributed by atoms with Crippen molar-refractivity contribution in [2.24, 2.45) is 0 Å². The smallest absolute Gasteiger partial charge is 0.387 e. The molecule has 0 saturated carbocycles. The van der Waals surface area contributed by atoms with E-state index in [1.54, 1.807) is 12.1 Å². The van der Waals surface area contributed by atoms with Gasteiger partial charge < -0.3 is 10.1 Å². The summed E-state index contributed by atoms with van der Waals surface area (Å²) < 4.78 is 28.9. The van der Waals surface area contributed by atoms with Crippen LogP contribution in [0.5, 0.6) is 5.75 Å². The highest BCUT2D eigenvalue weighted by atomic mass is 35.5. The molecule has 2 rings (SSSR count). The second kappa shape index (κ2) is 6.76. The van der Waals surface area contributed by atoms with Gasteiger partial charge in [-0.3, -0.25) is 0 Å². The molecule has 0 spiro atoms. The number of hydrogen-bond acceptors (Lipinski definition) is 2. The minimum absolute atomic E-state index is 0.0921. The molecule has 1 N–H and O–H groups in total. The van der Waals surface area contributed by atoms with Gasteiger partial charge in [-0.2, -0.15) is 8.78 Å². The molecular weight excluding hydrogens is 296 g/mol.